The zero-order chi connectivity index (χ0) is 12.1. The fraction of sp³-hybridized carbons (Fsp3) is 0.636. The number of halogens is 1. The summed E-state index contributed by atoms with van der Waals surface area (Å²) in [5.41, 5.74) is 6.73. The van der Waals surface area contributed by atoms with Crippen molar-refractivity contribution in [1.82, 2.24) is 15.1 Å². The summed E-state index contributed by atoms with van der Waals surface area (Å²) in [5.74, 6) is 0.330. The lowest BCUT2D eigenvalue weighted by molar-refractivity contribution is -0.122. The number of hydrogen-bond acceptors (Lipinski definition) is 3. The molecule has 0 bridgehead atoms. The van der Waals surface area contributed by atoms with Crippen LogP contribution in [0.3, 0.4) is 0 Å². The van der Waals surface area contributed by atoms with Crippen molar-refractivity contribution in [3.8, 4) is 0 Å². The molecule has 0 fully saturated rings. The lowest BCUT2D eigenvalue weighted by atomic mass is 10.0. The quantitative estimate of drug-likeness (QED) is 0.824. The first kappa shape index (κ1) is 15.9. The number of nitrogens with zero attached hydrogens (tertiary/aromatic N) is 2. The van der Waals surface area contributed by atoms with E-state index < -0.39 is 6.04 Å². The Morgan fingerprint density at radius 1 is 1.59 bits per heavy atom. The molecule has 0 saturated heterocycles. The first-order valence-corrected chi connectivity index (χ1v) is 5.50. The van der Waals surface area contributed by atoms with Crippen LogP contribution in [-0.2, 0) is 18.4 Å². The number of nitrogens with one attached hydrogen (secondary N) is 1. The molecule has 0 saturated carbocycles. The summed E-state index contributed by atoms with van der Waals surface area (Å²) in [5, 5.41) is 6.82. The molecule has 6 heteroatoms. The molecule has 0 aliphatic rings. The monoisotopic (exact) mass is 260 g/mol. The first-order chi connectivity index (χ1) is 7.49. The van der Waals surface area contributed by atoms with E-state index in [1.54, 1.807) is 10.9 Å². The highest BCUT2D eigenvalue weighted by molar-refractivity contribution is 5.85. The average molecular weight is 261 g/mol. The number of nitrogens with two attached hydrogens (primary N) is 1. The van der Waals surface area contributed by atoms with Gasteiger partial charge in [-0.1, -0.05) is 13.8 Å². The standard InChI is InChI=1S/C11H20N4O.ClH/c1-8(2)4-10(12)11(16)13-5-9-6-14-15(3)7-9;/h6-8,10H,4-5,12H2,1-3H3,(H,13,16);1H/t10-;/m0./s1. The molecule has 1 atom stereocenters. The molecule has 98 valence electrons. The van der Waals surface area contributed by atoms with Crippen molar-refractivity contribution in [2.45, 2.75) is 32.9 Å². The van der Waals surface area contributed by atoms with Gasteiger partial charge in [-0.15, -0.1) is 12.4 Å². The van der Waals surface area contributed by atoms with Gasteiger partial charge in [-0.3, -0.25) is 9.48 Å². The Morgan fingerprint density at radius 2 is 2.24 bits per heavy atom. The number of amides is 1. The van der Waals surface area contributed by atoms with Crippen LogP contribution in [0.2, 0.25) is 0 Å². The van der Waals surface area contributed by atoms with Crippen LogP contribution in [0, 0.1) is 5.92 Å². The molecule has 3 N–H and O–H groups in total. The molecule has 0 unspecified atom stereocenters. The van der Waals surface area contributed by atoms with Crippen molar-refractivity contribution in [2.75, 3.05) is 0 Å². The lowest BCUT2D eigenvalue weighted by Gasteiger charge is -2.13. The molecule has 1 aromatic heterocycles. The van der Waals surface area contributed by atoms with Gasteiger partial charge in [0.1, 0.15) is 0 Å². The Hall–Kier alpha value is -1.07. The Kier molecular flexibility index (Phi) is 6.83. The van der Waals surface area contributed by atoms with Crippen LogP contribution in [-0.4, -0.2) is 21.7 Å². The van der Waals surface area contributed by atoms with Crippen LogP contribution in [0.1, 0.15) is 25.8 Å². The second kappa shape index (κ2) is 7.29. The smallest absolute Gasteiger partial charge is 0.237 e. The Morgan fingerprint density at radius 3 is 2.71 bits per heavy atom. The maximum Gasteiger partial charge on any atom is 0.237 e. The van der Waals surface area contributed by atoms with Gasteiger partial charge in [-0.2, -0.15) is 5.10 Å². The van der Waals surface area contributed by atoms with Crippen molar-refractivity contribution >= 4 is 18.3 Å². The Labute approximate surface area is 108 Å². The van der Waals surface area contributed by atoms with Crippen molar-refractivity contribution in [1.29, 1.82) is 0 Å². The largest absolute Gasteiger partial charge is 0.351 e. The second-order valence-electron chi connectivity index (χ2n) is 4.48. The summed E-state index contributed by atoms with van der Waals surface area (Å²) >= 11 is 0. The fourth-order valence-corrected chi connectivity index (χ4v) is 1.50. The predicted molar refractivity (Wildman–Crippen MR) is 69.7 cm³/mol. The lowest BCUT2D eigenvalue weighted by Crippen LogP contribution is -2.40. The fourth-order valence-electron chi connectivity index (χ4n) is 1.50. The Bertz CT molecular complexity index is 351. The summed E-state index contributed by atoms with van der Waals surface area (Å²) in [4.78, 5) is 11.6. The summed E-state index contributed by atoms with van der Waals surface area (Å²) in [7, 11) is 1.84. The number of rotatable bonds is 5. The summed E-state index contributed by atoms with van der Waals surface area (Å²) in [6.45, 7) is 4.58. The topological polar surface area (TPSA) is 72.9 Å². The van der Waals surface area contributed by atoms with Crippen LogP contribution in [0.25, 0.3) is 0 Å². The van der Waals surface area contributed by atoms with Gasteiger partial charge < -0.3 is 11.1 Å². The van der Waals surface area contributed by atoms with Crippen LogP contribution >= 0.6 is 12.4 Å². The normalized spacial score (nSPS) is 12.1. The SMILES string of the molecule is CC(C)C[C@H](N)C(=O)NCc1cnn(C)c1.Cl. The molecule has 0 aliphatic carbocycles. The van der Waals surface area contributed by atoms with Gasteiger partial charge in [-0.05, 0) is 12.3 Å². The highest BCUT2D eigenvalue weighted by Gasteiger charge is 2.14. The van der Waals surface area contributed by atoms with Crippen LogP contribution in [0.15, 0.2) is 12.4 Å². The van der Waals surface area contributed by atoms with E-state index in [4.69, 9.17) is 5.73 Å². The third kappa shape index (κ3) is 5.70. The third-order valence-electron chi connectivity index (χ3n) is 2.29. The van der Waals surface area contributed by atoms with Crippen LogP contribution < -0.4 is 11.1 Å². The van der Waals surface area contributed by atoms with Gasteiger partial charge in [0, 0.05) is 25.4 Å². The Balaban J connectivity index is 0.00000256. The summed E-state index contributed by atoms with van der Waals surface area (Å²) in [6.07, 6.45) is 4.31. The van der Waals surface area contributed by atoms with E-state index in [9.17, 15) is 4.79 Å². The van der Waals surface area contributed by atoms with Gasteiger partial charge in [0.25, 0.3) is 0 Å². The van der Waals surface area contributed by atoms with Crippen LogP contribution in [0.5, 0.6) is 0 Å². The molecule has 1 amide bonds. The van der Waals surface area contributed by atoms with E-state index in [0.29, 0.717) is 18.9 Å². The molecule has 0 spiro atoms. The predicted octanol–water partition coefficient (Wildman–Crippen LogP) is 0.831. The van der Waals surface area contributed by atoms with E-state index in [0.717, 1.165) is 5.56 Å². The van der Waals surface area contributed by atoms with E-state index in [-0.39, 0.29) is 18.3 Å². The average Bonchev–Trinajstić information content (AvgIpc) is 2.59. The molecule has 5 nitrogen and oxygen atoms in total. The highest BCUT2D eigenvalue weighted by atomic mass is 35.5. The van der Waals surface area contributed by atoms with Gasteiger partial charge >= 0.3 is 0 Å². The minimum Gasteiger partial charge on any atom is -0.351 e. The number of hydrogen-bond donors (Lipinski definition) is 2. The number of carbonyl (C=O) groups is 1. The molecule has 17 heavy (non-hydrogen) atoms. The van der Waals surface area contributed by atoms with Crippen LogP contribution in [0.4, 0.5) is 0 Å². The molecule has 1 heterocycles. The van der Waals surface area contributed by atoms with E-state index in [1.807, 2.05) is 27.1 Å². The zero-order valence-electron chi connectivity index (χ0n) is 10.5. The van der Waals surface area contributed by atoms with Crippen molar-refractivity contribution in [3.63, 3.8) is 0 Å². The van der Waals surface area contributed by atoms with Gasteiger partial charge in [-0.25, -0.2) is 0 Å². The number of aromatic nitrogens is 2. The van der Waals surface area contributed by atoms with Crippen molar-refractivity contribution in [3.05, 3.63) is 18.0 Å². The summed E-state index contributed by atoms with van der Waals surface area (Å²) < 4.78 is 1.70. The van der Waals surface area contributed by atoms with Gasteiger partial charge in [0.15, 0.2) is 0 Å². The second-order valence-corrected chi connectivity index (χ2v) is 4.48. The number of carbonyl (C=O) groups excluding carboxylic acids is 1. The van der Waals surface area contributed by atoms with Crippen molar-refractivity contribution in [2.24, 2.45) is 18.7 Å². The van der Waals surface area contributed by atoms with E-state index >= 15 is 0 Å². The highest BCUT2D eigenvalue weighted by Crippen LogP contribution is 2.03. The number of aryl methyl sites for hydroxylation is 1. The van der Waals surface area contributed by atoms with E-state index in [1.165, 1.54) is 0 Å². The van der Waals surface area contributed by atoms with Gasteiger partial charge in [0.2, 0.25) is 5.91 Å². The minimum absolute atomic E-state index is 0. The zero-order valence-corrected chi connectivity index (χ0v) is 11.3. The molecule has 0 aromatic carbocycles. The molecular weight excluding hydrogens is 240 g/mol. The van der Waals surface area contributed by atoms with Gasteiger partial charge in [0.05, 0.1) is 12.2 Å². The molecular formula is C11H21ClN4O. The molecule has 1 rings (SSSR count). The molecule has 1 aromatic rings. The minimum atomic E-state index is -0.420. The third-order valence-corrected chi connectivity index (χ3v) is 2.29. The van der Waals surface area contributed by atoms with Crippen molar-refractivity contribution < 1.29 is 4.79 Å². The molecule has 0 radical (unpaired) electrons. The maximum absolute atomic E-state index is 11.6. The van der Waals surface area contributed by atoms with E-state index in [2.05, 4.69) is 10.4 Å². The summed E-state index contributed by atoms with van der Waals surface area (Å²) in [6, 6.07) is -0.420. The first-order valence-electron chi connectivity index (χ1n) is 5.50. The molecule has 0 aliphatic heterocycles. The maximum atomic E-state index is 11.6.